The van der Waals surface area contributed by atoms with Crippen molar-refractivity contribution in [3.63, 3.8) is 0 Å². The fraction of sp³-hybridized carbons (Fsp3) is 0.348. The molecule has 0 aliphatic carbocycles. The molecule has 2 aromatic heterocycles. The highest BCUT2D eigenvalue weighted by molar-refractivity contribution is 5.83. The number of aromatic amines is 1. The lowest BCUT2D eigenvalue weighted by Crippen LogP contribution is -2.37. The zero-order chi connectivity index (χ0) is 20.3. The van der Waals surface area contributed by atoms with E-state index in [1.54, 1.807) is 12.4 Å². The van der Waals surface area contributed by atoms with Crippen LogP contribution in [-0.4, -0.2) is 58.8 Å². The summed E-state index contributed by atoms with van der Waals surface area (Å²) < 4.78 is 5.43. The Hall–Kier alpha value is -3.19. The first-order valence-corrected chi connectivity index (χ1v) is 10.4. The normalized spacial score (nSPS) is 16.6. The minimum atomic E-state index is 0.157. The van der Waals surface area contributed by atoms with E-state index >= 15 is 0 Å². The van der Waals surface area contributed by atoms with E-state index in [0.29, 0.717) is 19.5 Å². The number of H-pyrrole nitrogens is 1. The van der Waals surface area contributed by atoms with Crippen molar-refractivity contribution in [1.29, 1.82) is 0 Å². The quantitative estimate of drug-likeness (QED) is 0.708. The van der Waals surface area contributed by atoms with Gasteiger partial charge in [-0.2, -0.15) is 5.10 Å². The average molecular weight is 403 g/mol. The van der Waals surface area contributed by atoms with Crippen LogP contribution in [0.3, 0.4) is 0 Å². The summed E-state index contributed by atoms with van der Waals surface area (Å²) in [4.78, 5) is 21.1. The Morgan fingerprint density at radius 1 is 1.03 bits per heavy atom. The van der Waals surface area contributed by atoms with Crippen molar-refractivity contribution >= 4 is 11.6 Å². The number of pyridine rings is 1. The summed E-state index contributed by atoms with van der Waals surface area (Å²) in [5.41, 5.74) is 6.39. The Morgan fingerprint density at radius 3 is 2.57 bits per heavy atom. The highest BCUT2D eigenvalue weighted by atomic mass is 16.5. The number of anilines is 1. The lowest BCUT2D eigenvalue weighted by molar-refractivity contribution is -0.131. The van der Waals surface area contributed by atoms with Gasteiger partial charge in [-0.25, -0.2) is 0 Å². The number of hydrogen-bond acceptors (Lipinski definition) is 5. The van der Waals surface area contributed by atoms with Crippen molar-refractivity contribution in [2.75, 3.05) is 37.7 Å². The summed E-state index contributed by atoms with van der Waals surface area (Å²) in [6.07, 6.45) is 4.80. The highest BCUT2D eigenvalue weighted by Gasteiger charge is 2.27. The van der Waals surface area contributed by atoms with Crippen molar-refractivity contribution in [2.45, 2.75) is 19.4 Å². The molecule has 5 rings (SSSR count). The largest absolute Gasteiger partial charge is 0.378 e. The lowest BCUT2D eigenvalue weighted by Gasteiger charge is -2.29. The van der Waals surface area contributed by atoms with E-state index in [0.717, 1.165) is 55.2 Å². The number of nitrogens with zero attached hydrogens (tertiary/aromatic N) is 4. The van der Waals surface area contributed by atoms with E-state index in [1.165, 1.54) is 11.3 Å². The number of benzene rings is 1. The molecule has 4 heterocycles. The summed E-state index contributed by atoms with van der Waals surface area (Å²) in [6.45, 7) is 4.66. The number of fused-ring (bicyclic) bond motifs is 1. The van der Waals surface area contributed by atoms with Gasteiger partial charge < -0.3 is 14.5 Å². The smallest absolute Gasteiger partial charge is 0.227 e. The average Bonchev–Trinajstić information content (AvgIpc) is 3.21. The Labute approximate surface area is 175 Å². The Kier molecular flexibility index (Phi) is 5.19. The molecule has 3 aromatic rings. The molecule has 0 atom stereocenters. The number of morpholine rings is 1. The van der Waals surface area contributed by atoms with E-state index in [9.17, 15) is 4.79 Å². The van der Waals surface area contributed by atoms with E-state index in [1.807, 2.05) is 17.0 Å². The zero-order valence-electron chi connectivity index (χ0n) is 16.9. The molecule has 154 valence electrons. The van der Waals surface area contributed by atoms with Crippen molar-refractivity contribution in [2.24, 2.45) is 0 Å². The summed E-state index contributed by atoms with van der Waals surface area (Å²) in [6, 6.07) is 12.5. The Bertz CT molecular complexity index is 1010. The number of carbonyl (C=O) groups excluding carboxylic acids is 1. The molecule has 1 fully saturated rings. The number of hydrogen-bond donors (Lipinski definition) is 1. The number of nitrogens with one attached hydrogen (secondary N) is 1. The van der Waals surface area contributed by atoms with Gasteiger partial charge in [0, 0.05) is 48.8 Å². The summed E-state index contributed by atoms with van der Waals surface area (Å²) in [5, 5.41) is 7.72. The third-order valence-electron chi connectivity index (χ3n) is 5.92. The van der Waals surface area contributed by atoms with Gasteiger partial charge in [0.05, 0.1) is 37.6 Å². The molecule has 1 saturated heterocycles. The van der Waals surface area contributed by atoms with Gasteiger partial charge in [-0.05, 0) is 36.2 Å². The lowest BCUT2D eigenvalue weighted by atomic mass is 9.99. The van der Waals surface area contributed by atoms with Crippen LogP contribution >= 0.6 is 0 Å². The molecule has 2 aliphatic heterocycles. The van der Waals surface area contributed by atoms with Gasteiger partial charge in [0.2, 0.25) is 5.91 Å². The number of amides is 1. The molecule has 0 saturated carbocycles. The number of rotatable bonds is 5. The number of carbonyl (C=O) groups is 1. The van der Waals surface area contributed by atoms with Gasteiger partial charge in [0.25, 0.3) is 0 Å². The third kappa shape index (κ3) is 3.80. The molecule has 0 radical (unpaired) electrons. The second kappa shape index (κ2) is 8.28. The predicted octanol–water partition coefficient (Wildman–Crippen LogP) is 2.44. The van der Waals surface area contributed by atoms with Crippen molar-refractivity contribution in [1.82, 2.24) is 20.1 Å². The topological polar surface area (TPSA) is 74.4 Å². The van der Waals surface area contributed by atoms with Crippen LogP contribution in [-0.2, 0) is 28.9 Å². The molecule has 1 N–H and O–H groups in total. The van der Waals surface area contributed by atoms with Crippen LogP contribution in [0.4, 0.5) is 5.69 Å². The first-order chi connectivity index (χ1) is 14.8. The Balaban J connectivity index is 1.29. The maximum Gasteiger partial charge on any atom is 0.227 e. The van der Waals surface area contributed by atoms with Crippen molar-refractivity contribution in [3.05, 3.63) is 65.6 Å². The fourth-order valence-electron chi connectivity index (χ4n) is 4.17. The first kappa shape index (κ1) is 18.8. The fourth-order valence-corrected chi connectivity index (χ4v) is 4.17. The zero-order valence-corrected chi connectivity index (χ0v) is 16.9. The molecule has 7 nitrogen and oxygen atoms in total. The molecule has 7 heteroatoms. The van der Waals surface area contributed by atoms with Gasteiger partial charge in [0.1, 0.15) is 0 Å². The molecule has 0 unspecified atom stereocenters. The summed E-state index contributed by atoms with van der Waals surface area (Å²) >= 11 is 0. The molecule has 1 amide bonds. The van der Waals surface area contributed by atoms with Gasteiger partial charge in [-0.1, -0.05) is 12.1 Å². The van der Waals surface area contributed by atoms with Gasteiger partial charge in [0.15, 0.2) is 0 Å². The van der Waals surface area contributed by atoms with Crippen LogP contribution in [0.25, 0.3) is 11.3 Å². The van der Waals surface area contributed by atoms with Crippen LogP contribution in [0.15, 0.2) is 48.8 Å². The highest BCUT2D eigenvalue weighted by Crippen LogP contribution is 2.30. The van der Waals surface area contributed by atoms with E-state index in [-0.39, 0.29) is 5.91 Å². The summed E-state index contributed by atoms with van der Waals surface area (Å²) in [5.74, 6) is 0.157. The monoisotopic (exact) mass is 403 g/mol. The van der Waals surface area contributed by atoms with Crippen LogP contribution in [0, 0.1) is 0 Å². The maximum absolute atomic E-state index is 12.8. The minimum absolute atomic E-state index is 0.157. The second-order valence-corrected chi connectivity index (χ2v) is 7.77. The standard InChI is InChI=1S/C23H25N5O2/c29-22-15-20-21(16-28(22)10-7-17-5-8-24-9-6-17)25-26-23(20)18-1-3-19(4-2-18)27-11-13-30-14-12-27/h1-6,8-9H,7,10-16H2,(H,25,26). The predicted molar refractivity (Wildman–Crippen MR) is 114 cm³/mol. The summed E-state index contributed by atoms with van der Waals surface area (Å²) in [7, 11) is 0. The van der Waals surface area contributed by atoms with Crippen molar-refractivity contribution in [3.8, 4) is 11.3 Å². The Morgan fingerprint density at radius 2 is 1.80 bits per heavy atom. The van der Waals surface area contributed by atoms with Gasteiger partial charge in [-0.3, -0.25) is 14.9 Å². The van der Waals surface area contributed by atoms with Gasteiger partial charge >= 0.3 is 0 Å². The molecule has 2 aliphatic rings. The third-order valence-corrected chi connectivity index (χ3v) is 5.92. The van der Waals surface area contributed by atoms with E-state index < -0.39 is 0 Å². The molecule has 30 heavy (non-hydrogen) atoms. The second-order valence-electron chi connectivity index (χ2n) is 7.77. The number of aromatic nitrogens is 3. The van der Waals surface area contributed by atoms with Crippen LogP contribution in [0.1, 0.15) is 16.8 Å². The van der Waals surface area contributed by atoms with Crippen molar-refractivity contribution < 1.29 is 9.53 Å². The van der Waals surface area contributed by atoms with Crippen LogP contribution in [0.5, 0.6) is 0 Å². The SMILES string of the molecule is O=C1Cc2c(-c3ccc(N4CCOCC4)cc3)n[nH]c2CN1CCc1ccncc1. The molecular weight excluding hydrogens is 378 g/mol. The molecular formula is C23H25N5O2. The van der Waals surface area contributed by atoms with E-state index in [2.05, 4.69) is 44.3 Å². The molecule has 1 aromatic carbocycles. The van der Waals surface area contributed by atoms with E-state index in [4.69, 9.17) is 4.74 Å². The van der Waals surface area contributed by atoms with Crippen LogP contribution in [0.2, 0.25) is 0 Å². The van der Waals surface area contributed by atoms with Gasteiger partial charge in [-0.15, -0.1) is 0 Å². The minimum Gasteiger partial charge on any atom is -0.378 e. The van der Waals surface area contributed by atoms with Crippen LogP contribution < -0.4 is 4.90 Å². The maximum atomic E-state index is 12.8. The molecule has 0 bridgehead atoms. The molecule has 0 spiro atoms. The first-order valence-electron chi connectivity index (χ1n) is 10.4. The number of ether oxygens (including phenoxy) is 1.